The molecule has 78 valence electrons. The van der Waals surface area contributed by atoms with Gasteiger partial charge in [0.25, 0.3) is 0 Å². The molecule has 0 aliphatic heterocycles. The molecule has 0 saturated carbocycles. The molecule has 0 aromatic heterocycles. The molecule has 0 atom stereocenters. The van der Waals surface area contributed by atoms with Gasteiger partial charge in [-0.05, 0) is 22.9 Å². The fourth-order valence-corrected chi connectivity index (χ4v) is 0.734. The Morgan fingerprint density at radius 2 is 1.92 bits per heavy atom. The Labute approximate surface area is 89.4 Å². The van der Waals surface area contributed by atoms with Crippen LogP contribution in [0.3, 0.4) is 0 Å². The van der Waals surface area contributed by atoms with Crippen LogP contribution in [0.25, 0.3) is 0 Å². The summed E-state index contributed by atoms with van der Waals surface area (Å²) in [5.41, 5.74) is 0.656. The van der Waals surface area contributed by atoms with Gasteiger partial charge in [-0.1, -0.05) is 6.58 Å². The van der Waals surface area contributed by atoms with Crippen molar-refractivity contribution >= 4 is 31.9 Å². The van der Waals surface area contributed by atoms with Gasteiger partial charge in [0.2, 0.25) is 0 Å². The molecule has 0 aliphatic carbocycles. The molecule has 0 aromatic rings. The third-order valence-corrected chi connectivity index (χ3v) is 1.47. The highest BCUT2D eigenvalue weighted by Gasteiger charge is 1.98. The van der Waals surface area contributed by atoms with E-state index in [2.05, 4.69) is 36.1 Å². The van der Waals surface area contributed by atoms with Gasteiger partial charge >= 0.3 is 16.0 Å². The molecule has 0 heterocycles. The number of rotatable bonds is 4. The van der Waals surface area contributed by atoms with Gasteiger partial charge in [0.15, 0.2) is 0 Å². The van der Waals surface area contributed by atoms with Crippen LogP contribution in [-0.4, -0.2) is 35.7 Å². The maximum Gasteiger partial charge on any atom is 0.333 e. The molecule has 0 unspecified atom stereocenters. The van der Waals surface area contributed by atoms with E-state index in [4.69, 9.17) is 0 Å². The number of esters is 1. The summed E-state index contributed by atoms with van der Waals surface area (Å²) in [6, 6.07) is 0. The topological polar surface area (TPSA) is 44.8 Å². The molecule has 0 aliphatic rings. The van der Waals surface area contributed by atoms with Crippen molar-refractivity contribution in [3.8, 4) is 0 Å². The highest BCUT2D eigenvalue weighted by atomic mass is 79.9. The van der Waals surface area contributed by atoms with Crippen LogP contribution in [0.5, 0.6) is 0 Å². The van der Waals surface area contributed by atoms with Gasteiger partial charge in [0.1, 0.15) is 5.52 Å². The van der Waals surface area contributed by atoms with Crippen molar-refractivity contribution in [1.82, 2.24) is 0 Å². The molecular formula is C7H15BrO4Si. The van der Waals surface area contributed by atoms with Crippen LogP contribution in [0.1, 0.15) is 6.92 Å². The minimum Gasteiger partial charge on any atom is -0.451 e. The van der Waals surface area contributed by atoms with Gasteiger partial charge < -0.3 is 13.6 Å². The lowest BCUT2D eigenvalue weighted by atomic mass is 10.4. The van der Waals surface area contributed by atoms with E-state index in [1.807, 2.05) is 0 Å². The maximum atomic E-state index is 10.4. The van der Waals surface area contributed by atoms with Gasteiger partial charge in [-0.3, -0.25) is 0 Å². The van der Waals surface area contributed by atoms with Crippen LogP contribution in [0.4, 0.5) is 0 Å². The molecule has 6 heteroatoms. The average molecular weight is 271 g/mol. The first-order valence-electron chi connectivity index (χ1n) is 3.46. The second kappa shape index (κ2) is 11.8. The normalized spacial score (nSPS) is 8.31. The van der Waals surface area contributed by atoms with Crippen LogP contribution in [-0.2, 0) is 18.4 Å². The first-order chi connectivity index (χ1) is 6.09. The van der Waals surface area contributed by atoms with E-state index in [1.54, 1.807) is 21.1 Å². The zero-order valence-corrected chi connectivity index (χ0v) is 11.1. The van der Waals surface area contributed by atoms with Crippen molar-refractivity contribution in [2.45, 2.75) is 6.92 Å². The fraction of sp³-hybridized carbons (Fsp3) is 0.571. The second-order valence-electron chi connectivity index (χ2n) is 2.02. The van der Waals surface area contributed by atoms with Gasteiger partial charge in [-0.15, -0.1) is 0 Å². The largest absolute Gasteiger partial charge is 0.451 e. The molecule has 4 nitrogen and oxygen atoms in total. The first kappa shape index (κ1) is 15.3. The third-order valence-electron chi connectivity index (χ3n) is 0.770. The maximum absolute atomic E-state index is 10.4. The summed E-state index contributed by atoms with van der Waals surface area (Å²) < 4.78 is 13.7. The lowest BCUT2D eigenvalue weighted by Crippen LogP contribution is -2.01. The highest BCUT2D eigenvalue weighted by Crippen LogP contribution is 1.92. The van der Waals surface area contributed by atoms with Crippen molar-refractivity contribution in [2.75, 3.05) is 19.7 Å². The molecule has 0 radical (unpaired) electrons. The van der Waals surface area contributed by atoms with Crippen LogP contribution < -0.4 is 0 Å². The van der Waals surface area contributed by atoms with E-state index in [0.29, 0.717) is 5.57 Å². The second-order valence-corrected chi connectivity index (χ2v) is 3.86. The standard InChI is InChI=1S/C5H7BrO2.C2H8O2Si/c1-4(2)5(7)8-3-6;1-3-5-4-2/h1,3H2,2H3;5H2,1-2H3. The molecule has 0 bridgehead atoms. The molecule has 0 aromatic carbocycles. The highest BCUT2D eigenvalue weighted by molar-refractivity contribution is 9.09. The number of carbonyl (C=O) groups is 1. The summed E-state index contributed by atoms with van der Waals surface area (Å²) >= 11 is 2.93. The Balaban J connectivity index is 0. The Morgan fingerprint density at radius 3 is 2.00 bits per heavy atom. The number of hydrogen-bond donors (Lipinski definition) is 0. The van der Waals surface area contributed by atoms with Gasteiger partial charge in [-0.2, -0.15) is 0 Å². The minimum absolute atomic E-state index is 0.235. The SMILES string of the molecule is C=C(C)C(=O)OCBr.CO[SiH2]OC. The summed E-state index contributed by atoms with van der Waals surface area (Å²) in [5.74, 6) is -0.359. The number of alkyl halides is 1. The quantitative estimate of drug-likeness (QED) is 0.327. The predicted molar refractivity (Wildman–Crippen MR) is 57.3 cm³/mol. The molecule has 0 rings (SSSR count). The van der Waals surface area contributed by atoms with E-state index in [0.717, 1.165) is 0 Å². The Morgan fingerprint density at radius 1 is 1.46 bits per heavy atom. The van der Waals surface area contributed by atoms with Crippen LogP contribution in [0.15, 0.2) is 12.2 Å². The van der Waals surface area contributed by atoms with Crippen LogP contribution in [0.2, 0.25) is 0 Å². The monoisotopic (exact) mass is 270 g/mol. The number of halogens is 1. The van der Waals surface area contributed by atoms with Crippen molar-refractivity contribution < 1.29 is 18.4 Å². The molecule has 0 spiro atoms. The van der Waals surface area contributed by atoms with Crippen molar-refractivity contribution in [2.24, 2.45) is 0 Å². The zero-order chi connectivity index (χ0) is 10.7. The molecule has 0 fully saturated rings. The molecule has 0 saturated heterocycles. The van der Waals surface area contributed by atoms with Crippen LogP contribution >= 0.6 is 15.9 Å². The Kier molecular flexibility index (Phi) is 13.9. The van der Waals surface area contributed by atoms with Gasteiger partial charge in [-0.25, -0.2) is 4.79 Å². The smallest absolute Gasteiger partial charge is 0.333 e. The van der Waals surface area contributed by atoms with E-state index in [-0.39, 0.29) is 11.5 Å². The number of hydrogen-bond acceptors (Lipinski definition) is 4. The Bertz CT molecular complexity index is 149. The summed E-state index contributed by atoms with van der Waals surface area (Å²) in [6.07, 6.45) is 0. The van der Waals surface area contributed by atoms with E-state index < -0.39 is 10.0 Å². The predicted octanol–water partition coefficient (Wildman–Crippen LogP) is 0.736. The molecular weight excluding hydrogens is 256 g/mol. The molecule has 13 heavy (non-hydrogen) atoms. The van der Waals surface area contributed by atoms with Crippen LogP contribution in [0, 0.1) is 0 Å². The van der Waals surface area contributed by atoms with Gasteiger partial charge in [0.05, 0.1) is 0 Å². The lowest BCUT2D eigenvalue weighted by Gasteiger charge is -1.95. The van der Waals surface area contributed by atoms with Crippen molar-refractivity contribution in [3.63, 3.8) is 0 Å². The fourth-order valence-electron chi connectivity index (χ4n) is 0.291. The van der Waals surface area contributed by atoms with Crippen molar-refractivity contribution in [1.29, 1.82) is 0 Å². The molecule has 0 amide bonds. The summed E-state index contributed by atoms with van der Waals surface area (Å²) in [6.45, 7) is 4.98. The number of carbonyl (C=O) groups excluding carboxylic acids is 1. The summed E-state index contributed by atoms with van der Waals surface area (Å²) in [7, 11) is 2.73. The lowest BCUT2D eigenvalue weighted by molar-refractivity contribution is -0.136. The average Bonchev–Trinajstić information content (AvgIpc) is 2.07. The van der Waals surface area contributed by atoms with Gasteiger partial charge in [0, 0.05) is 19.8 Å². The van der Waals surface area contributed by atoms with Crippen molar-refractivity contribution in [3.05, 3.63) is 12.2 Å². The molecule has 0 N–H and O–H groups in total. The summed E-state index contributed by atoms with van der Waals surface area (Å²) in [4.78, 5) is 10.4. The Hall–Kier alpha value is -0.173. The number of ether oxygens (including phenoxy) is 1. The first-order valence-corrected chi connectivity index (χ1v) is 5.74. The zero-order valence-electron chi connectivity index (χ0n) is 8.13. The van der Waals surface area contributed by atoms with E-state index in [9.17, 15) is 4.79 Å². The van der Waals surface area contributed by atoms with E-state index >= 15 is 0 Å². The van der Waals surface area contributed by atoms with E-state index in [1.165, 1.54) is 0 Å². The third kappa shape index (κ3) is 14.7. The summed E-state index contributed by atoms with van der Waals surface area (Å²) in [5, 5.41) is 0. The minimum atomic E-state index is -0.568.